The van der Waals surface area contributed by atoms with Gasteiger partial charge in [0.05, 0.1) is 0 Å². The first-order valence-electron chi connectivity index (χ1n) is 7.92. The van der Waals surface area contributed by atoms with E-state index < -0.39 is 0 Å². The highest BCUT2D eigenvalue weighted by Crippen LogP contribution is 2.18. The van der Waals surface area contributed by atoms with Gasteiger partial charge in [-0.3, -0.25) is 0 Å². The summed E-state index contributed by atoms with van der Waals surface area (Å²) >= 11 is 0. The maximum absolute atomic E-state index is 13.0. The predicted octanol–water partition coefficient (Wildman–Crippen LogP) is 3.99. The number of benzene rings is 1. The summed E-state index contributed by atoms with van der Waals surface area (Å²) in [6, 6.07) is 7.21. The molecule has 3 heteroatoms. The van der Waals surface area contributed by atoms with Crippen LogP contribution in [0.15, 0.2) is 24.3 Å². The Hall–Kier alpha value is -0.930. The molecule has 1 aromatic rings. The molecule has 0 amide bonds. The number of nitrogens with zero attached hydrogens (tertiary/aromatic N) is 1. The molecule has 0 aromatic heterocycles. The number of hydrogen-bond acceptors (Lipinski definition) is 2. The summed E-state index contributed by atoms with van der Waals surface area (Å²) in [6.45, 7) is 10.9. The predicted molar refractivity (Wildman–Crippen MR) is 84.5 cm³/mol. The molecular formula is C17H29FN2. The van der Waals surface area contributed by atoms with Gasteiger partial charge < -0.3 is 10.2 Å². The normalized spacial score (nSPS) is 12.8. The number of rotatable bonds is 10. The van der Waals surface area contributed by atoms with E-state index in [2.05, 4.69) is 31.0 Å². The first-order valence-corrected chi connectivity index (χ1v) is 7.92. The SMILES string of the molecule is CCCN(CCC)CCC(NCC)c1ccc(F)cc1. The van der Waals surface area contributed by atoms with Crippen molar-refractivity contribution in [2.24, 2.45) is 0 Å². The minimum absolute atomic E-state index is 0.164. The summed E-state index contributed by atoms with van der Waals surface area (Å²) in [4.78, 5) is 2.52. The van der Waals surface area contributed by atoms with E-state index in [4.69, 9.17) is 0 Å². The van der Waals surface area contributed by atoms with E-state index >= 15 is 0 Å². The van der Waals surface area contributed by atoms with E-state index in [1.54, 1.807) is 12.1 Å². The number of halogens is 1. The second kappa shape index (κ2) is 9.89. The fourth-order valence-corrected chi connectivity index (χ4v) is 2.61. The van der Waals surface area contributed by atoms with Gasteiger partial charge in [0.1, 0.15) is 5.82 Å². The van der Waals surface area contributed by atoms with Gasteiger partial charge in [-0.15, -0.1) is 0 Å². The standard InChI is InChI=1S/C17H29FN2/c1-4-12-20(13-5-2)14-11-17(19-6-3)15-7-9-16(18)10-8-15/h7-10,17,19H,4-6,11-14H2,1-3H3. The van der Waals surface area contributed by atoms with Crippen LogP contribution in [0.5, 0.6) is 0 Å². The molecule has 0 aliphatic rings. The summed E-state index contributed by atoms with van der Waals surface area (Å²) < 4.78 is 13.0. The van der Waals surface area contributed by atoms with Gasteiger partial charge in [-0.25, -0.2) is 4.39 Å². The molecule has 20 heavy (non-hydrogen) atoms. The number of hydrogen-bond donors (Lipinski definition) is 1. The van der Waals surface area contributed by atoms with Crippen LogP contribution < -0.4 is 5.32 Å². The van der Waals surface area contributed by atoms with Crippen molar-refractivity contribution in [1.82, 2.24) is 10.2 Å². The Morgan fingerprint density at radius 3 is 2.10 bits per heavy atom. The van der Waals surface area contributed by atoms with Gasteiger partial charge in [0.2, 0.25) is 0 Å². The molecule has 0 spiro atoms. The van der Waals surface area contributed by atoms with Crippen LogP contribution in [0.1, 0.15) is 51.6 Å². The van der Waals surface area contributed by atoms with Crippen molar-refractivity contribution >= 4 is 0 Å². The third kappa shape index (κ3) is 6.02. The smallest absolute Gasteiger partial charge is 0.123 e. The van der Waals surface area contributed by atoms with Gasteiger partial charge in [0.15, 0.2) is 0 Å². The third-order valence-electron chi connectivity index (χ3n) is 3.54. The molecule has 0 fully saturated rings. The van der Waals surface area contributed by atoms with E-state index in [-0.39, 0.29) is 5.82 Å². The molecule has 0 saturated carbocycles. The Morgan fingerprint density at radius 1 is 1.00 bits per heavy atom. The Kier molecular flexibility index (Phi) is 8.47. The number of nitrogens with one attached hydrogen (secondary N) is 1. The fourth-order valence-electron chi connectivity index (χ4n) is 2.61. The Morgan fingerprint density at radius 2 is 1.60 bits per heavy atom. The maximum atomic E-state index is 13.0. The lowest BCUT2D eigenvalue weighted by Crippen LogP contribution is -2.30. The zero-order valence-corrected chi connectivity index (χ0v) is 13.2. The largest absolute Gasteiger partial charge is 0.310 e. The zero-order chi connectivity index (χ0) is 14.8. The van der Waals surface area contributed by atoms with Gasteiger partial charge in [-0.05, 0) is 63.1 Å². The van der Waals surface area contributed by atoms with Crippen LogP contribution in [-0.4, -0.2) is 31.1 Å². The lowest BCUT2D eigenvalue weighted by atomic mass is 10.0. The maximum Gasteiger partial charge on any atom is 0.123 e. The minimum Gasteiger partial charge on any atom is -0.310 e. The summed E-state index contributed by atoms with van der Waals surface area (Å²) in [5.74, 6) is -0.164. The Balaban J connectivity index is 2.59. The lowest BCUT2D eigenvalue weighted by molar-refractivity contribution is 0.257. The molecule has 0 heterocycles. The molecule has 0 aliphatic heterocycles. The molecule has 0 bridgehead atoms. The first kappa shape index (κ1) is 17.1. The second-order valence-electron chi connectivity index (χ2n) is 5.29. The highest BCUT2D eigenvalue weighted by molar-refractivity contribution is 5.19. The van der Waals surface area contributed by atoms with Crippen LogP contribution in [0.25, 0.3) is 0 Å². The van der Waals surface area contributed by atoms with Crippen LogP contribution >= 0.6 is 0 Å². The van der Waals surface area contributed by atoms with Crippen molar-refractivity contribution in [3.8, 4) is 0 Å². The highest BCUT2D eigenvalue weighted by Gasteiger charge is 2.12. The summed E-state index contributed by atoms with van der Waals surface area (Å²) in [7, 11) is 0. The van der Waals surface area contributed by atoms with Gasteiger partial charge in [0.25, 0.3) is 0 Å². The summed E-state index contributed by atoms with van der Waals surface area (Å²) in [6.07, 6.45) is 3.46. The summed E-state index contributed by atoms with van der Waals surface area (Å²) in [5, 5.41) is 3.51. The van der Waals surface area contributed by atoms with Gasteiger partial charge in [-0.2, -0.15) is 0 Å². The van der Waals surface area contributed by atoms with Gasteiger partial charge in [-0.1, -0.05) is 32.9 Å². The zero-order valence-electron chi connectivity index (χ0n) is 13.2. The Bertz CT molecular complexity index is 345. The molecule has 1 unspecified atom stereocenters. The first-order chi connectivity index (χ1) is 9.71. The van der Waals surface area contributed by atoms with E-state index in [1.807, 2.05) is 12.1 Å². The van der Waals surface area contributed by atoms with Crippen LogP contribution in [0.3, 0.4) is 0 Å². The molecule has 2 nitrogen and oxygen atoms in total. The van der Waals surface area contributed by atoms with E-state index in [0.29, 0.717) is 6.04 Å². The minimum atomic E-state index is -0.164. The third-order valence-corrected chi connectivity index (χ3v) is 3.54. The molecule has 1 aromatic carbocycles. The van der Waals surface area contributed by atoms with Crippen LogP contribution in [0, 0.1) is 5.82 Å². The van der Waals surface area contributed by atoms with E-state index in [9.17, 15) is 4.39 Å². The quantitative estimate of drug-likeness (QED) is 0.697. The highest BCUT2D eigenvalue weighted by atomic mass is 19.1. The second-order valence-corrected chi connectivity index (χ2v) is 5.29. The summed E-state index contributed by atoms with van der Waals surface area (Å²) in [5.41, 5.74) is 1.18. The van der Waals surface area contributed by atoms with E-state index in [1.165, 1.54) is 18.4 Å². The molecule has 114 valence electrons. The van der Waals surface area contributed by atoms with Crippen molar-refractivity contribution in [3.63, 3.8) is 0 Å². The monoisotopic (exact) mass is 280 g/mol. The van der Waals surface area contributed by atoms with Crippen LogP contribution in [0.2, 0.25) is 0 Å². The molecule has 1 N–H and O–H groups in total. The molecular weight excluding hydrogens is 251 g/mol. The van der Waals surface area contributed by atoms with Crippen molar-refractivity contribution in [1.29, 1.82) is 0 Å². The molecule has 0 radical (unpaired) electrons. The average molecular weight is 280 g/mol. The van der Waals surface area contributed by atoms with Crippen molar-refractivity contribution in [3.05, 3.63) is 35.6 Å². The van der Waals surface area contributed by atoms with Crippen molar-refractivity contribution in [2.75, 3.05) is 26.2 Å². The molecule has 1 rings (SSSR count). The van der Waals surface area contributed by atoms with Gasteiger partial charge in [0, 0.05) is 6.04 Å². The molecule has 1 atom stereocenters. The van der Waals surface area contributed by atoms with Crippen LogP contribution in [-0.2, 0) is 0 Å². The topological polar surface area (TPSA) is 15.3 Å². The molecule has 0 saturated heterocycles. The van der Waals surface area contributed by atoms with Gasteiger partial charge >= 0.3 is 0 Å². The van der Waals surface area contributed by atoms with Crippen molar-refractivity contribution in [2.45, 2.75) is 46.1 Å². The molecule has 0 aliphatic carbocycles. The average Bonchev–Trinajstić information content (AvgIpc) is 2.45. The van der Waals surface area contributed by atoms with Crippen molar-refractivity contribution < 1.29 is 4.39 Å². The van der Waals surface area contributed by atoms with Crippen LogP contribution in [0.4, 0.5) is 4.39 Å². The van der Waals surface area contributed by atoms with E-state index in [0.717, 1.165) is 32.6 Å². The lowest BCUT2D eigenvalue weighted by Gasteiger charge is -2.25. The fraction of sp³-hybridized carbons (Fsp3) is 0.647. The Labute approximate surface area is 123 Å².